The Morgan fingerprint density at radius 2 is 2.33 bits per heavy atom. The summed E-state index contributed by atoms with van der Waals surface area (Å²) in [5, 5.41) is -0.282. The molecular weight excluding hydrogens is 250 g/mol. The van der Waals surface area contributed by atoms with Crippen LogP contribution in [-0.4, -0.2) is 34.0 Å². The van der Waals surface area contributed by atoms with Crippen molar-refractivity contribution < 1.29 is 8.42 Å². The van der Waals surface area contributed by atoms with Gasteiger partial charge >= 0.3 is 0 Å². The summed E-state index contributed by atoms with van der Waals surface area (Å²) in [4.78, 5) is 8.71. The molecule has 1 unspecified atom stereocenters. The van der Waals surface area contributed by atoms with Gasteiger partial charge in [-0.15, -0.1) is 0 Å². The van der Waals surface area contributed by atoms with E-state index in [0.717, 1.165) is 29.8 Å². The average Bonchev–Trinajstić information content (AvgIpc) is 2.81. The van der Waals surface area contributed by atoms with Gasteiger partial charge in [-0.2, -0.15) is 0 Å². The van der Waals surface area contributed by atoms with E-state index in [1.54, 1.807) is 6.20 Å². The summed E-state index contributed by atoms with van der Waals surface area (Å²) in [6.45, 7) is 2.37. The molecule has 0 radical (unpaired) electrons. The predicted octanol–water partition coefficient (Wildman–Crippen LogP) is 1.32. The van der Waals surface area contributed by atoms with Gasteiger partial charge in [-0.25, -0.2) is 18.4 Å². The van der Waals surface area contributed by atoms with E-state index in [1.807, 2.05) is 23.6 Å². The van der Waals surface area contributed by atoms with Crippen molar-refractivity contribution in [1.82, 2.24) is 14.5 Å². The molecule has 2 aromatic rings. The molecule has 1 saturated heterocycles. The summed E-state index contributed by atoms with van der Waals surface area (Å²) in [6.07, 6.45) is 3.23. The van der Waals surface area contributed by atoms with Crippen LogP contribution in [0, 0.1) is 6.92 Å². The number of rotatable bonds is 2. The van der Waals surface area contributed by atoms with Crippen LogP contribution in [0.2, 0.25) is 0 Å². The van der Waals surface area contributed by atoms with E-state index >= 15 is 0 Å². The molecular formula is C12H15N3O2S. The molecule has 0 aliphatic carbocycles. The molecule has 0 amide bonds. The minimum atomic E-state index is -2.92. The van der Waals surface area contributed by atoms with Crippen molar-refractivity contribution in [3.8, 4) is 0 Å². The smallest absolute Gasteiger partial charge is 0.160 e. The van der Waals surface area contributed by atoms with Crippen LogP contribution in [0.3, 0.4) is 0 Å². The summed E-state index contributed by atoms with van der Waals surface area (Å²) in [7, 11) is -2.92. The highest BCUT2D eigenvalue weighted by atomic mass is 32.2. The topological polar surface area (TPSA) is 64.8 Å². The van der Waals surface area contributed by atoms with E-state index in [-0.39, 0.29) is 5.25 Å². The predicted molar refractivity (Wildman–Crippen MR) is 69.1 cm³/mol. The van der Waals surface area contributed by atoms with Crippen LogP contribution in [0.5, 0.6) is 0 Å². The summed E-state index contributed by atoms with van der Waals surface area (Å²) in [6, 6.07) is 3.74. The largest absolute Gasteiger partial charge is 0.312 e. The summed E-state index contributed by atoms with van der Waals surface area (Å²) >= 11 is 0. The van der Waals surface area contributed by atoms with E-state index in [2.05, 4.69) is 9.97 Å². The highest BCUT2D eigenvalue weighted by molar-refractivity contribution is 7.92. The molecule has 1 atom stereocenters. The molecule has 3 heterocycles. The second kappa shape index (κ2) is 4.05. The third kappa shape index (κ3) is 1.80. The molecule has 3 rings (SSSR count). The van der Waals surface area contributed by atoms with Gasteiger partial charge in [0.2, 0.25) is 0 Å². The SMILES string of the molecule is Cc1nc2cccnc2n1CC1CCCS1(=O)=O. The maximum Gasteiger partial charge on any atom is 0.160 e. The Morgan fingerprint density at radius 3 is 3.06 bits per heavy atom. The normalized spacial score (nSPS) is 22.6. The van der Waals surface area contributed by atoms with Crippen molar-refractivity contribution in [3.63, 3.8) is 0 Å². The van der Waals surface area contributed by atoms with Gasteiger partial charge in [0.15, 0.2) is 15.5 Å². The van der Waals surface area contributed by atoms with E-state index < -0.39 is 9.84 Å². The maximum atomic E-state index is 11.9. The van der Waals surface area contributed by atoms with Gasteiger partial charge in [-0.05, 0) is 31.9 Å². The Bertz CT molecular complexity index is 690. The lowest BCUT2D eigenvalue weighted by molar-refractivity contribution is 0.565. The Labute approximate surface area is 106 Å². The van der Waals surface area contributed by atoms with Crippen LogP contribution in [0.4, 0.5) is 0 Å². The summed E-state index contributed by atoms with van der Waals surface area (Å²) < 4.78 is 25.7. The van der Waals surface area contributed by atoms with Crippen molar-refractivity contribution >= 4 is 21.0 Å². The highest BCUT2D eigenvalue weighted by Crippen LogP contribution is 2.23. The summed E-state index contributed by atoms with van der Waals surface area (Å²) in [5.74, 6) is 1.14. The quantitative estimate of drug-likeness (QED) is 0.821. The van der Waals surface area contributed by atoms with Crippen molar-refractivity contribution in [2.75, 3.05) is 5.75 Å². The van der Waals surface area contributed by atoms with Crippen LogP contribution in [0.1, 0.15) is 18.7 Å². The zero-order valence-corrected chi connectivity index (χ0v) is 11.0. The van der Waals surface area contributed by atoms with Crippen LogP contribution < -0.4 is 0 Å². The molecule has 1 fully saturated rings. The molecule has 1 aliphatic heterocycles. The number of aromatic nitrogens is 3. The second-order valence-electron chi connectivity index (χ2n) is 4.75. The first-order valence-corrected chi connectivity index (χ1v) is 7.79. The average molecular weight is 265 g/mol. The zero-order valence-electron chi connectivity index (χ0n) is 10.2. The minimum Gasteiger partial charge on any atom is -0.312 e. The number of fused-ring (bicyclic) bond motifs is 1. The molecule has 0 spiro atoms. The molecule has 2 aromatic heterocycles. The van der Waals surface area contributed by atoms with Crippen molar-refractivity contribution in [2.24, 2.45) is 0 Å². The van der Waals surface area contributed by atoms with Crippen LogP contribution in [0.25, 0.3) is 11.2 Å². The Hall–Kier alpha value is -1.43. The molecule has 96 valence electrons. The molecule has 18 heavy (non-hydrogen) atoms. The van der Waals surface area contributed by atoms with E-state index in [1.165, 1.54) is 0 Å². The molecule has 1 aliphatic rings. The third-order valence-corrected chi connectivity index (χ3v) is 5.80. The first kappa shape index (κ1) is 11.6. The zero-order chi connectivity index (χ0) is 12.8. The van der Waals surface area contributed by atoms with Gasteiger partial charge in [0.1, 0.15) is 11.3 Å². The number of hydrogen-bond donors (Lipinski definition) is 0. The maximum absolute atomic E-state index is 11.9. The number of pyridine rings is 1. The fourth-order valence-electron chi connectivity index (χ4n) is 2.56. The fourth-order valence-corrected chi connectivity index (χ4v) is 4.36. The third-order valence-electron chi connectivity index (χ3n) is 3.54. The lowest BCUT2D eigenvalue weighted by atomic mass is 10.2. The number of hydrogen-bond acceptors (Lipinski definition) is 4. The van der Waals surface area contributed by atoms with Crippen LogP contribution >= 0.6 is 0 Å². The van der Waals surface area contributed by atoms with Gasteiger partial charge < -0.3 is 4.57 Å². The summed E-state index contributed by atoms with van der Waals surface area (Å²) in [5.41, 5.74) is 1.60. The Kier molecular flexibility index (Phi) is 2.62. The highest BCUT2D eigenvalue weighted by Gasteiger charge is 2.32. The number of nitrogens with zero attached hydrogens (tertiary/aromatic N) is 3. The number of imidazole rings is 1. The van der Waals surface area contributed by atoms with Crippen molar-refractivity contribution in [3.05, 3.63) is 24.2 Å². The van der Waals surface area contributed by atoms with E-state index in [4.69, 9.17) is 0 Å². The molecule has 0 saturated carbocycles. The van der Waals surface area contributed by atoms with Gasteiger partial charge in [0.25, 0.3) is 0 Å². The minimum absolute atomic E-state index is 0.282. The fraction of sp³-hybridized carbons (Fsp3) is 0.500. The Morgan fingerprint density at radius 1 is 1.50 bits per heavy atom. The van der Waals surface area contributed by atoms with Gasteiger partial charge in [-0.1, -0.05) is 0 Å². The van der Waals surface area contributed by atoms with Gasteiger partial charge in [-0.3, -0.25) is 0 Å². The molecule has 0 N–H and O–H groups in total. The second-order valence-corrected chi connectivity index (χ2v) is 7.15. The van der Waals surface area contributed by atoms with Crippen molar-refractivity contribution in [2.45, 2.75) is 31.6 Å². The number of sulfone groups is 1. The van der Waals surface area contributed by atoms with Gasteiger partial charge in [0.05, 0.1) is 11.0 Å². The van der Waals surface area contributed by atoms with Crippen LogP contribution in [-0.2, 0) is 16.4 Å². The standard InChI is InChI=1S/C12H15N3O2S/c1-9-14-11-5-2-6-13-12(11)15(9)8-10-4-3-7-18(10,16)17/h2,5-6,10H,3-4,7-8H2,1H3. The Balaban J connectivity index is 2.03. The molecule has 6 heteroatoms. The van der Waals surface area contributed by atoms with E-state index in [0.29, 0.717) is 12.3 Å². The molecule has 0 aromatic carbocycles. The first-order valence-electron chi connectivity index (χ1n) is 6.07. The van der Waals surface area contributed by atoms with Crippen molar-refractivity contribution in [1.29, 1.82) is 0 Å². The molecule has 5 nitrogen and oxygen atoms in total. The lowest BCUT2D eigenvalue weighted by Gasteiger charge is -2.12. The monoisotopic (exact) mass is 265 g/mol. The van der Waals surface area contributed by atoms with Crippen LogP contribution in [0.15, 0.2) is 18.3 Å². The lowest BCUT2D eigenvalue weighted by Crippen LogP contribution is -2.23. The first-order chi connectivity index (χ1) is 8.58. The van der Waals surface area contributed by atoms with Gasteiger partial charge in [0, 0.05) is 12.7 Å². The molecule has 0 bridgehead atoms. The number of aryl methyl sites for hydroxylation is 1. The van der Waals surface area contributed by atoms with E-state index in [9.17, 15) is 8.42 Å².